The maximum absolute atomic E-state index is 12.4. The summed E-state index contributed by atoms with van der Waals surface area (Å²) in [5.41, 5.74) is 2.13. The Hall–Kier alpha value is -3.11. The van der Waals surface area contributed by atoms with Crippen molar-refractivity contribution in [3.63, 3.8) is 0 Å². The van der Waals surface area contributed by atoms with Crippen LogP contribution in [0.5, 0.6) is 0 Å². The predicted molar refractivity (Wildman–Crippen MR) is 153 cm³/mol. The van der Waals surface area contributed by atoms with Gasteiger partial charge >= 0.3 is 5.97 Å². The second kappa shape index (κ2) is 11.0. The molecule has 40 heavy (non-hydrogen) atoms. The first-order chi connectivity index (χ1) is 19.1. The largest absolute Gasteiger partial charge is 0.481 e. The quantitative estimate of drug-likeness (QED) is 0.312. The first kappa shape index (κ1) is 28.4. The third kappa shape index (κ3) is 5.07. The first-order valence-electron chi connectivity index (χ1n) is 14.7. The third-order valence-electron chi connectivity index (χ3n) is 11.0. The molecular formula is C33H42N2O5. The van der Waals surface area contributed by atoms with Crippen LogP contribution in [0.15, 0.2) is 47.1 Å². The van der Waals surface area contributed by atoms with Crippen molar-refractivity contribution in [2.24, 2.45) is 33.7 Å². The zero-order valence-electron chi connectivity index (χ0n) is 23.7. The van der Waals surface area contributed by atoms with Crippen LogP contribution < -0.4 is 5.32 Å². The molecule has 1 aromatic rings. The van der Waals surface area contributed by atoms with Crippen LogP contribution in [-0.2, 0) is 14.4 Å². The molecule has 0 aliphatic heterocycles. The van der Waals surface area contributed by atoms with Gasteiger partial charge in [0, 0.05) is 17.9 Å². The number of nitrogens with one attached hydrogen (secondary N) is 1. The molecule has 0 radical (unpaired) electrons. The summed E-state index contributed by atoms with van der Waals surface area (Å²) in [6.45, 7) is 4.65. The summed E-state index contributed by atoms with van der Waals surface area (Å²) < 4.78 is 0. The van der Waals surface area contributed by atoms with E-state index < -0.39 is 11.6 Å². The third-order valence-corrected chi connectivity index (χ3v) is 11.0. The zero-order valence-corrected chi connectivity index (χ0v) is 23.7. The average molecular weight is 547 g/mol. The number of allylic oxidation sites excluding steroid dienone is 2. The van der Waals surface area contributed by atoms with Crippen molar-refractivity contribution in [3.8, 4) is 12.3 Å². The molecule has 7 atom stereocenters. The van der Waals surface area contributed by atoms with E-state index in [9.17, 15) is 19.8 Å². The Morgan fingerprint density at radius 1 is 1.12 bits per heavy atom. The van der Waals surface area contributed by atoms with Crippen molar-refractivity contribution < 1.29 is 24.6 Å². The molecule has 1 amide bonds. The van der Waals surface area contributed by atoms with E-state index in [-0.39, 0.29) is 42.2 Å². The van der Waals surface area contributed by atoms with Gasteiger partial charge < -0.3 is 20.4 Å². The summed E-state index contributed by atoms with van der Waals surface area (Å²) >= 11 is 0. The molecule has 7 heteroatoms. The molecule has 0 heterocycles. The number of amides is 1. The van der Waals surface area contributed by atoms with Gasteiger partial charge in [-0.25, -0.2) is 0 Å². The van der Waals surface area contributed by atoms with E-state index in [1.54, 1.807) is 0 Å². The highest BCUT2D eigenvalue weighted by atomic mass is 16.6. The Morgan fingerprint density at radius 2 is 1.88 bits per heavy atom. The summed E-state index contributed by atoms with van der Waals surface area (Å²) in [6.07, 6.45) is 15.7. The summed E-state index contributed by atoms with van der Waals surface area (Å²) in [6, 6.07) is 9.34. The van der Waals surface area contributed by atoms with E-state index in [1.165, 1.54) is 5.57 Å². The van der Waals surface area contributed by atoms with Crippen LogP contribution in [0.25, 0.3) is 0 Å². The second-order valence-corrected chi connectivity index (χ2v) is 12.9. The van der Waals surface area contributed by atoms with Gasteiger partial charge in [0.15, 0.2) is 6.61 Å². The number of benzene rings is 1. The van der Waals surface area contributed by atoms with Crippen LogP contribution in [0.3, 0.4) is 0 Å². The smallest absolute Gasteiger partial charge is 0.304 e. The monoisotopic (exact) mass is 546 g/mol. The van der Waals surface area contributed by atoms with Gasteiger partial charge in [-0.2, -0.15) is 0 Å². The number of rotatable bonds is 8. The molecule has 0 spiro atoms. The van der Waals surface area contributed by atoms with Crippen LogP contribution in [0.1, 0.15) is 83.1 Å². The fourth-order valence-corrected chi connectivity index (χ4v) is 8.60. The number of carboxylic acids is 1. The minimum atomic E-state index is -0.978. The van der Waals surface area contributed by atoms with Gasteiger partial charge in [0.1, 0.15) is 5.60 Å². The molecule has 0 aromatic heterocycles. The van der Waals surface area contributed by atoms with Gasteiger partial charge in [0.05, 0.1) is 12.1 Å². The molecule has 0 unspecified atom stereocenters. The first-order valence-corrected chi connectivity index (χ1v) is 14.7. The minimum Gasteiger partial charge on any atom is -0.481 e. The lowest BCUT2D eigenvalue weighted by molar-refractivity contribution is -0.137. The van der Waals surface area contributed by atoms with E-state index in [0.29, 0.717) is 24.2 Å². The lowest BCUT2D eigenvalue weighted by Crippen LogP contribution is -2.54. The number of aliphatic carboxylic acids is 1. The van der Waals surface area contributed by atoms with Crippen molar-refractivity contribution in [1.82, 2.24) is 5.32 Å². The highest BCUT2D eigenvalue weighted by Gasteiger charge is 2.63. The summed E-state index contributed by atoms with van der Waals surface area (Å²) in [4.78, 5) is 29.2. The average Bonchev–Trinajstić information content (AvgIpc) is 3.22. The molecule has 0 bridgehead atoms. The molecule has 7 nitrogen and oxygen atoms in total. The Kier molecular flexibility index (Phi) is 7.85. The molecule has 4 aliphatic carbocycles. The molecule has 3 fully saturated rings. The number of oxime groups is 1. The number of terminal acetylenes is 1. The molecule has 214 valence electrons. The van der Waals surface area contributed by atoms with Crippen LogP contribution in [0, 0.1) is 40.9 Å². The van der Waals surface area contributed by atoms with Crippen LogP contribution in [-0.4, -0.2) is 46.6 Å². The van der Waals surface area contributed by atoms with Gasteiger partial charge in [-0.15, -0.1) is 6.42 Å². The summed E-state index contributed by atoms with van der Waals surface area (Å²) in [7, 11) is 0. The molecular weight excluding hydrogens is 504 g/mol. The van der Waals surface area contributed by atoms with Crippen molar-refractivity contribution in [3.05, 3.63) is 47.5 Å². The maximum Gasteiger partial charge on any atom is 0.304 e. The molecule has 3 saturated carbocycles. The number of hydrogen-bond acceptors (Lipinski definition) is 5. The molecule has 1 aromatic carbocycles. The van der Waals surface area contributed by atoms with Gasteiger partial charge in [0.25, 0.3) is 5.91 Å². The summed E-state index contributed by atoms with van der Waals surface area (Å²) in [5.74, 6) is 2.87. The van der Waals surface area contributed by atoms with Crippen LogP contribution in [0.4, 0.5) is 0 Å². The van der Waals surface area contributed by atoms with Crippen LogP contribution >= 0.6 is 0 Å². The number of hydrogen-bond donors (Lipinski definition) is 3. The Balaban J connectivity index is 1.17. The number of carboxylic acid groups (broad SMARTS) is 1. The molecule has 4 aliphatic rings. The number of nitrogens with zero attached hydrogens (tertiary/aromatic N) is 1. The lowest BCUT2D eigenvalue weighted by Gasteiger charge is -2.58. The van der Waals surface area contributed by atoms with Gasteiger partial charge in [-0.1, -0.05) is 60.8 Å². The number of carbonyl (C=O) groups excluding carboxylic acids is 1. The van der Waals surface area contributed by atoms with Crippen molar-refractivity contribution in [2.75, 3.05) is 13.2 Å². The van der Waals surface area contributed by atoms with E-state index in [1.807, 2.05) is 30.3 Å². The SMILES string of the molecule is C#C[C@]1(O)CC[C@@H]2[C@H]3CCC4=C/C(=N/OCC(=O)NC[C@H](CC(=O)O)c5ccccc5)CC[C@]4(C)[C@@H]3CC[C@@]21C. The minimum absolute atomic E-state index is 0.0631. The van der Waals surface area contributed by atoms with Gasteiger partial charge in [-0.05, 0) is 86.2 Å². The normalized spacial score (nSPS) is 36.3. The van der Waals surface area contributed by atoms with E-state index in [2.05, 4.69) is 36.3 Å². The number of aliphatic hydroxyl groups is 1. The van der Waals surface area contributed by atoms with Gasteiger partial charge in [0.2, 0.25) is 0 Å². The molecule has 5 rings (SSSR count). The second-order valence-electron chi connectivity index (χ2n) is 12.9. The van der Waals surface area contributed by atoms with Crippen molar-refractivity contribution in [2.45, 2.75) is 83.2 Å². The molecule has 0 saturated heterocycles. The van der Waals surface area contributed by atoms with Crippen molar-refractivity contribution >= 4 is 17.6 Å². The zero-order chi connectivity index (χ0) is 28.5. The van der Waals surface area contributed by atoms with E-state index >= 15 is 0 Å². The summed E-state index contributed by atoms with van der Waals surface area (Å²) in [5, 5.41) is 27.6. The number of fused-ring (bicyclic) bond motifs is 5. The molecule has 3 N–H and O–H groups in total. The predicted octanol–water partition coefficient (Wildman–Crippen LogP) is 5.06. The van der Waals surface area contributed by atoms with E-state index in [0.717, 1.165) is 56.2 Å². The Labute approximate surface area is 237 Å². The maximum atomic E-state index is 12.4. The van der Waals surface area contributed by atoms with Gasteiger partial charge in [-0.3, -0.25) is 9.59 Å². The fourth-order valence-electron chi connectivity index (χ4n) is 8.60. The Bertz CT molecular complexity index is 1230. The highest BCUT2D eigenvalue weighted by molar-refractivity contribution is 5.96. The van der Waals surface area contributed by atoms with Crippen molar-refractivity contribution in [1.29, 1.82) is 0 Å². The number of carbonyl (C=O) groups is 2. The topological polar surface area (TPSA) is 108 Å². The lowest BCUT2D eigenvalue weighted by atomic mass is 9.46. The highest BCUT2D eigenvalue weighted by Crippen LogP contribution is 2.67. The standard InChI is InChI=1S/C33H42N2O5/c1-4-33(39)17-14-28-26-11-10-24-19-25(12-15-31(24,2)27(26)13-16-32(28,33)3)35-40-21-29(36)34-20-23(18-30(37)38)22-8-6-5-7-9-22/h1,5-9,19,23,26-28,39H,10-18,20-21H2,2-3H3,(H,34,36)(H,37,38)/b35-25+/t23-,26-,27+,28+,31-,32-,33-/m0/s1. The van der Waals surface area contributed by atoms with Crippen LogP contribution in [0.2, 0.25) is 0 Å². The Morgan fingerprint density at radius 3 is 2.60 bits per heavy atom. The fraction of sp³-hybridized carbons (Fsp3) is 0.606. The van der Waals surface area contributed by atoms with E-state index in [4.69, 9.17) is 11.3 Å².